The van der Waals surface area contributed by atoms with Gasteiger partial charge in [-0.25, -0.2) is 4.98 Å². The van der Waals surface area contributed by atoms with Crippen LogP contribution in [0.15, 0.2) is 18.7 Å². The zero-order chi connectivity index (χ0) is 13.0. The Balaban J connectivity index is 1.71. The van der Waals surface area contributed by atoms with Crippen molar-refractivity contribution in [3.63, 3.8) is 0 Å². The van der Waals surface area contributed by atoms with Crippen LogP contribution in [0.4, 0.5) is 0 Å². The number of carbonyl (C=O) groups is 1. The Kier molecular flexibility index (Phi) is 3.66. The highest BCUT2D eigenvalue weighted by molar-refractivity contribution is 5.86. The third kappa shape index (κ3) is 2.53. The highest BCUT2D eigenvalue weighted by Crippen LogP contribution is 2.44. The number of aromatic nitrogens is 2. The van der Waals surface area contributed by atoms with Gasteiger partial charge in [0.05, 0.1) is 12.4 Å². The van der Waals surface area contributed by atoms with Gasteiger partial charge in [-0.05, 0) is 25.2 Å². The van der Waals surface area contributed by atoms with Gasteiger partial charge in [0, 0.05) is 25.5 Å². The molecule has 0 atom stereocenters. The van der Waals surface area contributed by atoms with Gasteiger partial charge < -0.3 is 9.88 Å². The van der Waals surface area contributed by atoms with E-state index in [1.807, 2.05) is 10.8 Å². The van der Waals surface area contributed by atoms with Crippen LogP contribution >= 0.6 is 0 Å². The second-order valence-corrected chi connectivity index (χ2v) is 5.12. The van der Waals surface area contributed by atoms with Crippen LogP contribution in [-0.4, -0.2) is 22.0 Å². The van der Waals surface area contributed by atoms with Crippen molar-refractivity contribution in [2.45, 2.75) is 32.7 Å². The number of aryl methyl sites for hydroxylation is 1. The molecule has 1 N–H and O–H groups in total. The first-order valence-corrected chi connectivity index (χ1v) is 6.31. The van der Waals surface area contributed by atoms with Crippen molar-refractivity contribution in [1.29, 1.82) is 5.26 Å². The van der Waals surface area contributed by atoms with E-state index in [1.54, 1.807) is 12.5 Å². The molecule has 0 bridgehead atoms. The summed E-state index contributed by atoms with van der Waals surface area (Å²) < 4.78 is 1.97. The summed E-state index contributed by atoms with van der Waals surface area (Å²) in [4.78, 5) is 15.9. The fraction of sp³-hybridized carbons (Fsp3) is 0.615. The maximum Gasteiger partial charge on any atom is 0.240 e. The molecule has 18 heavy (non-hydrogen) atoms. The summed E-state index contributed by atoms with van der Waals surface area (Å²) in [5, 5.41) is 12.0. The number of nitriles is 1. The zero-order valence-electron chi connectivity index (χ0n) is 10.6. The molecule has 1 aromatic rings. The van der Waals surface area contributed by atoms with Gasteiger partial charge in [0.25, 0.3) is 0 Å². The van der Waals surface area contributed by atoms with Crippen molar-refractivity contribution in [2.75, 3.05) is 6.54 Å². The maximum atomic E-state index is 11.9. The van der Waals surface area contributed by atoms with E-state index in [-0.39, 0.29) is 5.91 Å². The molecule has 0 radical (unpaired) electrons. The molecule has 0 aliphatic heterocycles. The molecule has 1 heterocycles. The zero-order valence-corrected chi connectivity index (χ0v) is 10.6. The fourth-order valence-corrected chi connectivity index (χ4v) is 2.51. The largest absolute Gasteiger partial charge is 0.355 e. The number of nitrogens with zero attached hydrogens (tertiary/aromatic N) is 3. The summed E-state index contributed by atoms with van der Waals surface area (Å²) in [6.07, 6.45) is 7.62. The molecule has 1 aromatic heterocycles. The molecule has 1 aliphatic carbocycles. The first-order valence-electron chi connectivity index (χ1n) is 6.31. The molecule has 0 spiro atoms. The number of amides is 1. The Bertz CT molecular complexity index is 440. The Morgan fingerprint density at radius 3 is 3.00 bits per heavy atom. The third-order valence-corrected chi connectivity index (χ3v) is 3.48. The van der Waals surface area contributed by atoms with E-state index in [1.165, 1.54) is 0 Å². The number of carbonyl (C=O) groups excluding carboxylic acids is 1. The van der Waals surface area contributed by atoms with Crippen LogP contribution in [0.1, 0.15) is 26.2 Å². The molecule has 0 saturated heterocycles. The smallest absolute Gasteiger partial charge is 0.240 e. The predicted molar refractivity (Wildman–Crippen MR) is 66.3 cm³/mol. The number of imidazole rings is 1. The van der Waals surface area contributed by atoms with E-state index in [4.69, 9.17) is 5.26 Å². The molecule has 1 amide bonds. The first kappa shape index (κ1) is 12.6. The van der Waals surface area contributed by atoms with Crippen LogP contribution in [0.2, 0.25) is 0 Å². The van der Waals surface area contributed by atoms with Crippen LogP contribution in [0.5, 0.6) is 0 Å². The minimum absolute atomic E-state index is 0.103. The predicted octanol–water partition coefficient (Wildman–Crippen LogP) is 1.33. The lowest BCUT2D eigenvalue weighted by molar-refractivity contribution is -0.133. The van der Waals surface area contributed by atoms with Crippen molar-refractivity contribution in [1.82, 2.24) is 14.9 Å². The third-order valence-electron chi connectivity index (χ3n) is 3.48. The number of nitrogens with one attached hydrogen (secondary N) is 1. The van der Waals surface area contributed by atoms with Gasteiger partial charge in [0.1, 0.15) is 5.41 Å². The monoisotopic (exact) mass is 246 g/mol. The lowest BCUT2D eigenvalue weighted by atomic mass is 9.63. The molecule has 5 nitrogen and oxygen atoms in total. The maximum absolute atomic E-state index is 11.9. The van der Waals surface area contributed by atoms with Crippen LogP contribution in [0, 0.1) is 22.7 Å². The minimum atomic E-state index is -0.756. The van der Waals surface area contributed by atoms with Gasteiger partial charge in [-0.2, -0.15) is 5.26 Å². The summed E-state index contributed by atoms with van der Waals surface area (Å²) in [6, 6.07) is 2.17. The Labute approximate surface area is 107 Å². The molecule has 1 fully saturated rings. The quantitative estimate of drug-likeness (QED) is 0.797. The van der Waals surface area contributed by atoms with E-state index in [0.29, 0.717) is 25.3 Å². The average Bonchev–Trinajstić information content (AvgIpc) is 2.83. The van der Waals surface area contributed by atoms with E-state index < -0.39 is 5.41 Å². The summed E-state index contributed by atoms with van der Waals surface area (Å²) in [5.41, 5.74) is -0.756. The van der Waals surface area contributed by atoms with Gasteiger partial charge in [-0.15, -0.1) is 0 Å². The van der Waals surface area contributed by atoms with E-state index in [2.05, 4.69) is 23.3 Å². The van der Waals surface area contributed by atoms with E-state index in [0.717, 1.165) is 13.0 Å². The van der Waals surface area contributed by atoms with Crippen molar-refractivity contribution in [3.8, 4) is 6.07 Å². The van der Waals surface area contributed by atoms with Crippen LogP contribution in [0.3, 0.4) is 0 Å². The summed E-state index contributed by atoms with van der Waals surface area (Å²) in [5.74, 6) is 0.384. The highest BCUT2D eigenvalue weighted by atomic mass is 16.2. The molecule has 2 rings (SSSR count). The standard InChI is InChI=1S/C13H18N4O/c1-11-7-13(8-11,9-14)12(18)16-3-2-5-17-6-4-15-10-17/h4,6,10-11H,2-3,5,7-8H2,1H3,(H,16,18). The van der Waals surface area contributed by atoms with Gasteiger partial charge in [0.15, 0.2) is 0 Å². The molecule has 0 unspecified atom stereocenters. The van der Waals surface area contributed by atoms with Gasteiger partial charge in [0.2, 0.25) is 5.91 Å². The Morgan fingerprint density at radius 2 is 2.44 bits per heavy atom. The summed E-state index contributed by atoms with van der Waals surface area (Å²) >= 11 is 0. The molecule has 1 aliphatic rings. The summed E-state index contributed by atoms with van der Waals surface area (Å²) in [7, 11) is 0. The topological polar surface area (TPSA) is 70.7 Å². The molecule has 96 valence electrons. The second-order valence-electron chi connectivity index (χ2n) is 5.12. The van der Waals surface area contributed by atoms with Crippen molar-refractivity contribution < 1.29 is 4.79 Å². The van der Waals surface area contributed by atoms with Crippen LogP contribution < -0.4 is 5.32 Å². The van der Waals surface area contributed by atoms with E-state index in [9.17, 15) is 4.79 Å². The lowest BCUT2D eigenvalue weighted by Gasteiger charge is -2.39. The lowest BCUT2D eigenvalue weighted by Crippen LogP contribution is -2.48. The van der Waals surface area contributed by atoms with Crippen molar-refractivity contribution in [2.24, 2.45) is 11.3 Å². The van der Waals surface area contributed by atoms with Crippen LogP contribution in [-0.2, 0) is 11.3 Å². The number of hydrogen-bond donors (Lipinski definition) is 1. The Morgan fingerprint density at radius 1 is 1.67 bits per heavy atom. The fourth-order valence-electron chi connectivity index (χ4n) is 2.51. The SMILES string of the molecule is CC1CC(C#N)(C(=O)NCCCn2ccnc2)C1. The highest BCUT2D eigenvalue weighted by Gasteiger charge is 2.48. The normalized spacial score (nSPS) is 26.1. The molecule has 1 saturated carbocycles. The first-order chi connectivity index (χ1) is 8.66. The second kappa shape index (κ2) is 5.21. The Hall–Kier alpha value is -1.83. The van der Waals surface area contributed by atoms with Gasteiger partial charge in [-0.3, -0.25) is 4.79 Å². The van der Waals surface area contributed by atoms with Crippen molar-refractivity contribution in [3.05, 3.63) is 18.7 Å². The molecular formula is C13H18N4O. The van der Waals surface area contributed by atoms with E-state index >= 15 is 0 Å². The molecule has 5 heteroatoms. The van der Waals surface area contributed by atoms with Gasteiger partial charge in [-0.1, -0.05) is 6.92 Å². The van der Waals surface area contributed by atoms with Crippen LogP contribution in [0.25, 0.3) is 0 Å². The molecular weight excluding hydrogens is 228 g/mol. The van der Waals surface area contributed by atoms with Gasteiger partial charge >= 0.3 is 0 Å². The number of rotatable bonds is 5. The average molecular weight is 246 g/mol. The van der Waals surface area contributed by atoms with Crippen molar-refractivity contribution >= 4 is 5.91 Å². The summed E-state index contributed by atoms with van der Waals surface area (Å²) in [6.45, 7) is 3.51. The number of hydrogen-bond acceptors (Lipinski definition) is 3. The minimum Gasteiger partial charge on any atom is -0.355 e. The molecule has 0 aromatic carbocycles.